The average Bonchev–Trinajstić information content (AvgIpc) is 3.31. The summed E-state index contributed by atoms with van der Waals surface area (Å²) in [6.07, 6.45) is 1.59. The molecule has 180 valence electrons. The van der Waals surface area contributed by atoms with E-state index in [4.69, 9.17) is 18.9 Å². The van der Waals surface area contributed by atoms with Crippen molar-refractivity contribution < 1.29 is 28.5 Å². The van der Waals surface area contributed by atoms with E-state index in [-0.39, 0.29) is 29.8 Å². The molecule has 10 heteroatoms. The minimum Gasteiger partial charge on any atom is -0.493 e. The van der Waals surface area contributed by atoms with Gasteiger partial charge in [0.25, 0.3) is 11.8 Å². The van der Waals surface area contributed by atoms with Crippen LogP contribution in [0.3, 0.4) is 0 Å². The lowest BCUT2D eigenvalue weighted by Crippen LogP contribution is -2.39. The second-order valence-electron chi connectivity index (χ2n) is 8.04. The molecule has 2 N–H and O–H groups in total. The Morgan fingerprint density at radius 3 is 2.24 bits per heavy atom. The maximum absolute atomic E-state index is 13.1. The SMILES string of the molecule is COc1cc(C(=O)NC(c2nc(C(=O)NC3CCOCC3)cs2)C(C)C)cc(OC)c1OC. The van der Waals surface area contributed by atoms with Crippen molar-refractivity contribution in [2.24, 2.45) is 5.92 Å². The van der Waals surface area contributed by atoms with Crippen LogP contribution in [0.25, 0.3) is 0 Å². The Balaban J connectivity index is 1.76. The van der Waals surface area contributed by atoms with Gasteiger partial charge in [0, 0.05) is 30.2 Å². The van der Waals surface area contributed by atoms with Gasteiger partial charge in [0.15, 0.2) is 11.5 Å². The molecule has 1 aromatic carbocycles. The number of hydrogen-bond acceptors (Lipinski definition) is 8. The van der Waals surface area contributed by atoms with Gasteiger partial charge in [-0.3, -0.25) is 9.59 Å². The average molecular weight is 478 g/mol. The van der Waals surface area contributed by atoms with E-state index in [1.54, 1.807) is 17.5 Å². The summed E-state index contributed by atoms with van der Waals surface area (Å²) in [5.41, 5.74) is 0.721. The molecular weight excluding hydrogens is 446 g/mol. The van der Waals surface area contributed by atoms with Crippen LogP contribution in [-0.4, -0.2) is 57.4 Å². The van der Waals surface area contributed by atoms with Gasteiger partial charge in [-0.05, 0) is 30.9 Å². The van der Waals surface area contributed by atoms with Gasteiger partial charge in [-0.2, -0.15) is 0 Å². The minimum absolute atomic E-state index is 0.0496. The molecule has 2 amide bonds. The Labute approximate surface area is 197 Å². The lowest BCUT2D eigenvalue weighted by molar-refractivity contribution is 0.0694. The molecule has 9 nitrogen and oxygen atoms in total. The molecular formula is C23H31N3O6S. The van der Waals surface area contributed by atoms with E-state index in [2.05, 4.69) is 15.6 Å². The zero-order valence-corrected chi connectivity index (χ0v) is 20.4. The van der Waals surface area contributed by atoms with Crippen molar-refractivity contribution in [2.45, 2.75) is 38.8 Å². The number of thiazole rings is 1. The standard InChI is InChI=1S/C23H31N3O6S/c1-13(2)19(23-25-16(12-33-23)22(28)24-15-6-8-32-9-7-15)26-21(27)14-10-17(29-3)20(31-5)18(11-14)30-4/h10-13,15,19H,6-9H2,1-5H3,(H,24,28)(H,26,27). The van der Waals surface area contributed by atoms with E-state index in [1.165, 1.54) is 32.7 Å². The van der Waals surface area contributed by atoms with Crippen LogP contribution in [-0.2, 0) is 4.74 Å². The topological polar surface area (TPSA) is 108 Å². The van der Waals surface area contributed by atoms with Gasteiger partial charge in [-0.1, -0.05) is 13.8 Å². The molecule has 33 heavy (non-hydrogen) atoms. The molecule has 1 aliphatic heterocycles. The molecule has 1 saturated heterocycles. The fraction of sp³-hybridized carbons (Fsp3) is 0.522. The van der Waals surface area contributed by atoms with E-state index in [0.29, 0.717) is 46.7 Å². The van der Waals surface area contributed by atoms with E-state index in [1.807, 2.05) is 13.8 Å². The molecule has 3 rings (SSSR count). The first-order valence-electron chi connectivity index (χ1n) is 10.8. The molecule has 1 aliphatic rings. The van der Waals surface area contributed by atoms with Crippen molar-refractivity contribution >= 4 is 23.2 Å². The molecule has 0 radical (unpaired) electrons. The monoisotopic (exact) mass is 477 g/mol. The number of ether oxygens (including phenoxy) is 4. The molecule has 2 heterocycles. The zero-order valence-electron chi connectivity index (χ0n) is 19.6. The molecule has 2 aromatic rings. The summed E-state index contributed by atoms with van der Waals surface area (Å²) >= 11 is 1.35. The number of hydrogen-bond donors (Lipinski definition) is 2. The maximum atomic E-state index is 13.1. The molecule has 1 unspecified atom stereocenters. The van der Waals surface area contributed by atoms with Crippen molar-refractivity contribution in [1.82, 2.24) is 15.6 Å². The van der Waals surface area contributed by atoms with Gasteiger partial charge < -0.3 is 29.6 Å². The van der Waals surface area contributed by atoms with Crippen molar-refractivity contribution in [3.8, 4) is 17.2 Å². The van der Waals surface area contributed by atoms with Crippen molar-refractivity contribution in [3.63, 3.8) is 0 Å². The Kier molecular flexibility index (Phi) is 8.51. The normalized spacial score (nSPS) is 15.1. The van der Waals surface area contributed by atoms with Crippen LogP contribution in [0.5, 0.6) is 17.2 Å². The van der Waals surface area contributed by atoms with E-state index in [9.17, 15) is 9.59 Å². The second-order valence-corrected chi connectivity index (χ2v) is 8.93. The minimum atomic E-state index is -0.369. The predicted octanol–water partition coefficient (Wildman–Crippen LogP) is 3.20. The van der Waals surface area contributed by atoms with Crippen LogP contribution in [0.4, 0.5) is 0 Å². The Hall–Kier alpha value is -2.85. The lowest BCUT2D eigenvalue weighted by Gasteiger charge is -2.22. The Morgan fingerprint density at radius 2 is 1.70 bits per heavy atom. The van der Waals surface area contributed by atoms with E-state index < -0.39 is 0 Å². The van der Waals surface area contributed by atoms with Crippen LogP contribution in [0.1, 0.15) is 58.6 Å². The van der Waals surface area contributed by atoms with Crippen molar-refractivity contribution in [1.29, 1.82) is 0 Å². The zero-order chi connectivity index (χ0) is 24.0. The van der Waals surface area contributed by atoms with Crippen LogP contribution in [0.2, 0.25) is 0 Å². The highest BCUT2D eigenvalue weighted by Gasteiger charge is 2.26. The second kappa shape index (κ2) is 11.3. The summed E-state index contributed by atoms with van der Waals surface area (Å²) in [6.45, 7) is 5.28. The molecule has 1 fully saturated rings. The summed E-state index contributed by atoms with van der Waals surface area (Å²) in [6, 6.07) is 2.93. The highest BCUT2D eigenvalue weighted by molar-refractivity contribution is 7.09. The van der Waals surface area contributed by atoms with E-state index in [0.717, 1.165) is 12.8 Å². The van der Waals surface area contributed by atoms with Gasteiger partial charge in [0.2, 0.25) is 5.75 Å². The summed E-state index contributed by atoms with van der Waals surface area (Å²) < 4.78 is 21.4. The fourth-order valence-electron chi connectivity index (χ4n) is 3.59. The van der Waals surface area contributed by atoms with Gasteiger partial charge in [0.05, 0.1) is 27.4 Å². The third-order valence-electron chi connectivity index (χ3n) is 5.46. The molecule has 0 bridgehead atoms. The first-order valence-corrected chi connectivity index (χ1v) is 11.7. The fourth-order valence-corrected chi connectivity index (χ4v) is 4.61. The number of amides is 2. The summed E-state index contributed by atoms with van der Waals surface area (Å²) in [5.74, 6) is 0.735. The number of nitrogens with zero attached hydrogens (tertiary/aromatic N) is 1. The highest BCUT2D eigenvalue weighted by Crippen LogP contribution is 2.38. The number of aromatic nitrogens is 1. The number of methoxy groups -OCH3 is 3. The quantitative estimate of drug-likeness (QED) is 0.571. The van der Waals surface area contributed by atoms with Crippen LogP contribution in [0.15, 0.2) is 17.5 Å². The molecule has 1 atom stereocenters. The Morgan fingerprint density at radius 1 is 1.06 bits per heavy atom. The van der Waals surface area contributed by atoms with Crippen LogP contribution in [0, 0.1) is 5.92 Å². The molecule has 1 aromatic heterocycles. The Bertz CT molecular complexity index is 946. The third kappa shape index (κ3) is 5.94. The van der Waals surface area contributed by atoms with Crippen LogP contribution < -0.4 is 24.8 Å². The van der Waals surface area contributed by atoms with Gasteiger partial charge in [-0.25, -0.2) is 4.98 Å². The first kappa shape index (κ1) is 24.8. The largest absolute Gasteiger partial charge is 0.493 e. The highest BCUT2D eigenvalue weighted by atomic mass is 32.1. The number of carbonyl (C=O) groups excluding carboxylic acids is 2. The van der Waals surface area contributed by atoms with Gasteiger partial charge in [0.1, 0.15) is 10.7 Å². The number of carbonyl (C=O) groups is 2. The number of nitrogens with one attached hydrogen (secondary N) is 2. The van der Waals surface area contributed by atoms with Crippen molar-refractivity contribution in [2.75, 3.05) is 34.5 Å². The van der Waals surface area contributed by atoms with Gasteiger partial charge in [-0.15, -0.1) is 11.3 Å². The molecule has 0 aliphatic carbocycles. The van der Waals surface area contributed by atoms with Crippen LogP contribution >= 0.6 is 11.3 Å². The van der Waals surface area contributed by atoms with E-state index >= 15 is 0 Å². The number of benzene rings is 1. The number of rotatable bonds is 9. The summed E-state index contributed by atoms with van der Waals surface area (Å²) in [7, 11) is 4.50. The summed E-state index contributed by atoms with van der Waals surface area (Å²) in [4.78, 5) is 30.3. The van der Waals surface area contributed by atoms with Crippen molar-refractivity contribution in [3.05, 3.63) is 33.8 Å². The predicted molar refractivity (Wildman–Crippen MR) is 125 cm³/mol. The molecule has 0 saturated carbocycles. The van der Waals surface area contributed by atoms with Gasteiger partial charge >= 0.3 is 0 Å². The summed E-state index contributed by atoms with van der Waals surface area (Å²) in [5, 5.41) is 8.45. The third-order valence-corrected chi connectivity index (χ3v) is 6.39. The molecule has 0 spiro atoms. The first-order chi connectivity index (χ1) is 15.9. The maximum Gasteiger partial charge on any atom is 0.270 e. The lowest BCUT2D eigenvalue weighted by atomic mass is 10.0. The smallest absolute Gasteiger partial charge is 0.270 e.